The number of benzene rings is 1. The van der Waals surface area contributed by atoms with Crippen molar-refractivity contribution in [2.45, 2.75) is 57.4 Å². The number of pyridine rings is 1. The van der Waals surface area contributed by atoms with E-state index in [1.165, 1.54) is 30.5 Å². The molecule has 7 nitrogen and oxygen atoms in total. The summed E-state index contributed by atoms with van der Waals surface area (Å²) in [5.74, 6) is 0.114. The van der Waals surface area contributed by atoms with Crippen LogP contribution in [-0.4, -0.2) is 27.0 Å². The molecule has 0 spiro atoms. The van der Waals surface area contributed by atoms with Crippen LogP contribution >= 0.6 is 0 Å². The lowest BCUT2D eigenvalue weighted by molar-refractivity contribution is -0.159. The van der Waals surface area contributed by atoms with Crippen LogP contribution < -0.4 is 16.2 Å². The Kier molecular flexibility index (Phi) is 6.17. The van der Waals surface area contributed by atoms with Gasteiger partial charge in [-0.3, -0.25) is 9.48 Å². The average Bonchev–Trinajstić information content (AvgIpc) is 3.37. The van der Waals surface area contributed by atoms with E-state index in [9.17, 15) is 23.2 Å². The minimum absolute atomic E-state index is 0.0952. The lowest BCUT2D eigenvalue weighted by Gasteiger charge is -2.24. The first-order chi connectivity index (χ1) is 15.7. The van der Waals surface area contributed by atoms with E-state index in [1.54, 1.807) is 24.6 Å². The van der Waals surface area contributed by atoms with Gasteiger partial charge in [-0.05, 0) is 43.0 Å². The average molecular weight is 458 g/mol. The Morgan fingerprint density at radius 1 is 1.21 bits per heavy atom. The second-order valence-corrected chi connectivity index (χ2v) is 8.64. The predicted molar refractivity (Wildman–Crippen MR) is 119 cm³/mol. The lowest BCUT2D eigenvalue weighted by Crippen LogP contribution is -2.38. The van der Waals surface area contributed by atoms with Crippen LogP contribution in [0.3, 0.4) is 0 Å². The SMILES string of the molecule is CC(C)NC(c1ccc(Nc2nn([C@H]3CCCC3C#N)c3cc[nH]c(=O)c23)cc1)C(F)(F)F. The van der Waals surface area contributed by atoms with Gasteiger partial charge in [0.05, 0.1) is 23.5 Å². The molecule has 0 aliphatic heterocycles. The molecule has 2 aromatic heterocycles. The van der Waals surface area contributed by atoms with Gasteiger partial charge in [0, 0.05) is 17.9 Å². The van der Waals surface area contributed by atoms with Crippen LogP contribution in [-0.2, 0) is 0 Å². The third kappa shape index (κ3) is 4.59. The number of nitriles is 1. The van der Waals surface area contributed by atoms with E-state index in [4.69, 9.17) is 0 Å². The van der Waals surface area contributed by atoms with E-state index in [0.717, 1.165) is 19.3 Å². The standard InChI is InChI=1S/C23H25F3N6O/c1-13(2)29-20(23(24,25)26)14-6-8-16(9-7-14)30-21-19-18(10-11-28-22(19)33)32(31-21)17-5-3-4-15(17)12-27/h6-11,13,15,17,20,29H,3-5H2,1-2H3,(H,28,33)(H,30,31)/t15?,17-,20?/m0/s1. The Labute approximate surface area is 188 Å². The number of H-pyrrole nitrogens is 1. The van der Waals surface area contributed by atoms with Crippen LogP contribution in [0.5, 0.6) is 0 Å². The normalized spacial score (nSPS) is 19.7. The van der Waals surface area contributed by atoms with Crippen molar-refractivity contribution < 1.29 is 13.2 Å². The maximum Gasteiger partial charge on any atom is 0.407 e. The van der Waals surface area contributed by atoms with E-state index in [-0.39, 0.29) is 29.1 Å². The Hall–Kier alpha value is -3.32. The smallest absolute Gasteiger partial charge is 0.338 e. The Morgan fingerprint density at radius 3 is 2.58 bits per heavy atom. The molecule has 33 heavy (non-hydrogen) atoms. The molecule has 1 fully saturated rings. The summed E-state index contributed by atoms with van der Waals surface area (Å²) in [7, 11) is 0. The van der Waals surface area contributed by atoms with Gasteiger partial charge in [-0.25, -0.2) is 0 Å². The van der Waals surface area contributed by atoms with Gasteiger partial charge in [0.15, 0.2) is 5.82 Å². The van der Waals surface area contributed by atoms with Gasteiger partial charge in [0.1, 0.15) is 11.4 Å². The van der Waals surface area contributed by atoms with Crippen LogP contribution in [0.25, 0.3) is 10.9 Å². The Bertz CT molecular complexity index is 1220. The molecule has 3 N–H and O–H groups in total. The number of fused-ring (bicyclic) bond motifs is 1. The third-order valence-corrected chi connectivity index (χ3v) is 5.92. The van der Waals surface area contributed by atoms with Crippen LogP contribution in [0.4, 0.5) is 24.7 Å². The molecule has 2 heterocycles. The van der Waals surface area contributed by atoms with Crippen molar-refractivity contribution >= 4 is 22.4 Å². The van der Waals surface area contributed by atoms with E-state index in [1.807, 2.05) is 0 Å². The highest BCUT2D eigenvalue weighted by Crippen LogP contribution is 2.38. The molecule has 0 amide bonds. The van der Waals surface area contributed by atoms with Crippen molar-refractivity contribution in [2.75, 3.05) is 5.32 Å². The van der Waals surface area contributed by atoms with Crippen LogP contribution in [0.15, 0.2) is 41.3 Å². The molecule has 0 radical (unpaired) electrons. The molecule has 4 rings (SSSR count). The molecule has 3 aromatic rings. The molecule has 0 saturated heterocycles. The topological polar surface area (TPSA) is 98.5 Å². The van der Waals surface area contributed by atoms with Gasteiger partial charge >= 0.3 is 6.18 Å². The zero-order valence-corrected chi connectivity index (χ0v) is 18.3. The van der Waals surface area contributed by atoms with Crippen LogP contribution in [0.2, 0.25) is 0 Å². The largest absolute Gasteiger partial charge is 0.407 e. The third-order valence-electron chi connectivity index (χ3n) is 5.92. The van der Waals surface area contributed by atoms with Crippen molar-refractivity contribution in [2.24, 2.45) is 5.92 Å². The molecule has 0 bridgehead atoms. The minimum Gasteiger partial charge on any atom is -0.338 e. The van der Waals surface area contributed by atoms with Gasteiger partial charge in [0.25, 0.3) is 5.56 Å². The number of nitrogens with zero attached hydrogens (tertiary/aromatic N) is 3. The van der Waals surface area contributed by atoms with Crippen molar-refractivity contribution in [3.05, 3.63) is 52.4 Å². The summed E-state index contributed by atoms with van der Waals surface area (Å²) in [6, 6.07) is 7.70. The van der Waals surface area contributed by atoms with Gasteiger partial charge < -0.3 is 15.6 Å². The Balaban J connectivity index is 1.67. The fourth-order valence-corrected chi connectivity index (χ4v) is 4.43. The van der Waals surface area contributed by atoms with Crippen molar-refractivity contribution in [3.8, 4) is 6.07 Å². The zero-order valence-electron chi connectivity index (χ0n) is 18.3. The molecule has 10 heteroatoms. The summed E-state index contributed by atoms with van der Waals surface area (Å²) in [4.78, 5) is 15.2. The number of hydrogen-bond donors (Lipinski definition) is 3. The maximum absolute atomic E-state index is 13.5. The number of nitrogens with one attached hydrogen (secondary N) is 3. The molecule has 1 saturated carbocycles. The first-order valence-electron chi connectivity index (χ1n) is 10.9. The van der Waals surface area contributed by atoms with E-state index < -0.39 is 12.2 Å². The molecule has 1 aliphatic rings. The first-order valence-corrected chi connectivity index (χ1v) is 10.9. The molecular formula is C23H25F3N6O. The molecular weight excluding hydrogens is 433 g/mol. The number of anilines is 2. The molecule has 1 aliphatic carbocycles. The van der Waals surface area contributed by atoms with Gasteiger partial charge in [-0.1, -0.05) is 26.0 Å². The number of hydrogen-bond acceptors (Lipinski definition) is 5. The molecule has 1 aromatic carbocycles. The highest BCUT2D eigenvalue weighted by molar-refractivity contribution is 5.91. The monoisotopic (exact) mass is 458 g/mol. The zero-order chi connectivity index (χ0) is 23.8. The number of rotatable bonds is 6. The van der Waals surface area contributed by atoms with Gasteiger partial charge in [-0.15, -0.1) is 0 Å². The summed E-state index contributed by atoms with van der Waals surface area (Å²) in [5, 5.41) is 20.1. The highest BCUT2D eigenvalue weighted by Gasteiger charge is 2.41. The maximum atomic E-state index is 13.5. The first kappa shape index (κ1) is 22.9. The fraction of sp³-hybridized carbons (Fsp3) is 0.435. The van der Waals surface area contributed by atoms with Crippen LogP contribution in [0, 0.1) is 17.2 Å². The summed E-state index contributed by atoms with van der Waals surface area (Å²) in [6.07, 6.45) is -0.419. The second kappa shape index (κ2) is 8.90. The fourth-order valence-electron chi connectivity index (χ4n) is 4.43. The van der Waals surface area contributed by atoms with E-state index >= 15 is 0 Å². The number of alkyl halides is 3. The van der Waals surface area contributed by atoms with E-state index in [2.05, 4.69) is 26.8 Å². The molecule has 3 atom stereocenters. The predicted octanol–water partition coefficient (Wildman–Crippen LogP) is 4.93. The van der Waals surface area contributed by atoms with E-state index in [0.29, 0.717) is 22.4 Å². The summed E-state index contributed by atoms with van der Waals surface area (Å²) in [6.45, 7) is 3.32. The van der Waals surface area contributed by atoms with Crippen molar-refractivity contribution in [3.63, 3.8) is 0 Å². The Morgan fingerprint density at radius 2 is 1.94 bits per heavy atom. The second-order valence-electron chi connectivity index (χ2n) is 8.64. The van der Waals surface area contributed by atoms with Gasteiger partial charge in [-0.2, -0.15) is 23.5 Å². The highest BCUT2D eigenvalue weighted by atomic mass is 19.4. The summed E-state index contributed by atoms with van der Waals surface area (Å²) in [5.41, 5.74) is 0.881. The lowest BCUT2D eigenvalue weighted by atomic mass is 10.0. The van der Waals surface area contributed by atoms with Crippen molar-refractivity contribution in [1.29, 1.82) is 5.26 Å². The summed E-state index contributed by atoms with van der Waals surface area (Å²) < 4.78 is 42.2. The molecule has 2 unspecified atom stereocenters. The number of halogens is 3. The quantitative estimate of drug-likeness (QED) is 0.486. The summed E-state index contributed by atoms with van der Waals surface area (Å²) >= 11 is 0. The minimum atomic E-state index is -4.43. The number of aromatic amines is 1. The van der Waals surface area contributed by atoms with Crippen molar-refractivity contribution in [1.82, 2.24) is 20.1 Å². The van der Waals surface area contributed by atoms with Crippen LogP contribution in [0.1, 0.15) is 50.8 Å². The molecule has 174 valence electrons. The number of aromatic nitrogens is 3. The van der Waals surface area contributed by atoms with Gasteiger partial charge in [0.2, 0.25) is 0 Å².